The summed E-state index contributed by atoms with van der Waals surface area (Å²) in [5.41, 5.74) is 1.31. The maximum Gasteiger partial charge on any atom is 0.411 e. The molecule has 0 radical (unpaired) electrons. The molecule has 9 heteroatoms. The number of carbonyl (C=O) groups excluding carboxylic acids is 1. The Kier molecular flexibility index (Phi) is 5.22. The number of benzene rings is 1. The van der Waals surface area contributed by atoms with Crippen LogP contribution in [0.4, 0.5) is 18.3 Å². The SMILES string of the molecule is C[C@@H](OCC(F)(F)F)C(=O)Nc1nc(-c2ccc(O)cc2)cs1. The maximum atomic E-state index is 12.0. The fraction of sp³-hybridized carbons (Fsp3) is 0.286. The molecule has 0 spiro atoms. The molecule has 1 aromatic heterocycles. The monoisotopic (exact) mass is 346 g/mol. The van der Waals surface area contributed by atoms with Crippen molar-refractivity contribution in [2.45, 2.75) is 19.2 Å². The van der Waals surface area contributed by atoms with Gasteiger partial charge in [0.25, 0.3) is 5.91 Å². The fourth-order valence-electron chi connectivity index (χ4n) is 1.60. The first-order valence-electron chi connectivity index (χ1n) is 6.49. The predicted octanol–water partition coefficient (Wildman–Crippen LogP) is 3.42. The number of nitrogens with zero attached hydrogens (tertiary/aromatic N) is 1. The quantitative estimate of drug-likeness (QED) is 0.870. The minimum Gasteiger partial charge on any atom is -0.508 e. The van der Waals surface area contributed by atoms with Crippen molar-refractivity contribution in [2.75, 3.05) is 11.9 Å². The Morgan fingerprint density at radius 1 is 1.39 bits per heavy atom. The molecule has 1 amide bonds. The molecule has 0 saturated carbocycles. The molecule has 0 aliphatic heterocycles. The van der Waals surface area contributed by atoms with Gasteiger partial charge >= 0.3 is 6.18 Å². The van der Waals surface area contributed by atoms with E-state index in [1.807, 2.05) is 0 Å². The topological polar surface area (TPSA) is 71.5 Å². The van der Waals surface area contributed by atoms with Gasteiger partial charge in [-0.15, -0.1) is 11.3 Å². The van der Waals surface area contributed by atoms with Crippen LogP contribution < -0.4 is 5.32 Å². The Morgan fingerprint density at radius 3 is 2.65 bits per heavy atom. The van der Waals surface area contributed by atoms with Crippen LogP contribution in [0.1, 0.15) is 6.92 Å². The standard InChI is InChI=1S/C14H13F3N2O3S/c1-8(22-7-14(15,16)17)12(21)19-13-18-11(6-23-13)9-2-4-10(20)5-3-9/h2-6,8,20H,7H2,1H3,(H,18,19,21)/t8-/m1/s1. The van der Waals surface area contributed by atoms with E-state index in [1.165, 1.54) is 19.1 Å². The average Bonchev–Trinajstić information content (AvgIpc) is 2.93. The molecular formula is C14H13F3N2O3S. The smallest absolute Gasteiger partial charge is 0.411 e. The van der Waals surface area contributed by atoms with Crippen molar-refractivity contribution in [1.82, 2.24) is 4.98 Å². The number of aromatic nitrogens is 1. The number of ether oxygens (including phenoxy) is 1. The van der Waals surface area contributed by atoms with Crippen molar-refractivity contribution in [3.8, 4) is 17.0 Å². The zero-order chi connectivity index (χ0) is 17.0. The number of hydrogen-bond acceptors (Lipinski definition) is 5. The van der Waals surface area contributed by atoms with E-state index in [-0.39, 0.29) is 10.9 Å². The zero-order valence-electron chi connectivity index (χ0n) is 11.9. The molecule has 1 atom stereocenters. The zero-order valence-corrected chi connectivity index (χ0v) is 12.7. The lowest BCUT2D eigenvalue weighted by Crippen LogP contribution is -2.31. The second-order valence-electron chi connectivity index (χ2n) is 4.64. The number of phenolic OH excluding ortho intramolecular Hbond substituents is 1. The molecule has 23 heavy (non-hydrogen) atoms. The summed E-state index contributed by atoms with van der Waals surface area (Å²) in [6, 6.07) is 6.32. The summed E-state index contributed by atoms with van der Waals surface area (Å²) in [6.07, 6.45) is -5.74. The molecular weight excluding hydrogens is 333 g/mol. The number of rotatable bonds is 5. The van der Waals surface area contributed by atoms with Crippen LogP contribution in [0, 0.1) is 0 Å². The largest absolute Gasteiger partial charge is 0.508 e. The van der Waals surface area contributed by atoms with E-state index < -0.39 is 24.8 Å². The van der Waals surface area contributed by atoms with E-state index in [0.29, 0.717) is 5.69 Å². The molecule has 1 aromatic carbocycles. The third-order valence-electron chi connectivity index (χ3n) is 2.76. The summed E-state index contributed by atoms with van der Waals surface area (Å²) in [5.74, 6) is -0.589. The summed E-state index contributed by atoms with van der Waals surface area (Å²) in [7, 11) is 0. The van der Waals surface area contributed by atoms with E-state index in [2.05, 4.69) is 15.0 Å². The first-order chi connectivity index (χ1) is 10.7. The molecule has 0 unspecified atom stereocenters. The Balaban J connectivity index is 1.96. The van der Waals surface area contributed by atoms with Crippen LogP contribution in [0.15, 0.2) is 29.6 Å². The van der Waals surface area contributed by atoms with Gasteiger partial charge < -0.3 is 9.84 Å². The lowest BCUT2D eigenvalue weighted by Gasteiger charge is -2.13. The van der Waals surface area contributed by atoms with Gasteiger partial charge in [-0.2, -0.15) is 13.2 Å². The van der Waals surface area contributed by atoms with Crippen molar-refractivity contribution in [3.05, 3.63) is 29.6 Å². The highest BCUT2D eigenvalue weighted by atomic mass is 32.1. The number of anilines is 1. The summed E-state index contributed by atoms with van der Waals surface area (Å²) in [4.78, 5) is 15.9. The lowest BCUT2D eigenvalue weighted by molar-refractivity contribution is -0.184. The van der Waals surface area contributed by atoms with Gasteiger partial charge in [-0.1, -0.05) is 0 Å². The molecule has 2 rings (SSSR count). The van der Waals surface area contributed by atoms with E-state index in [4.69, 9.17) is 0 Å². The summed E-state index contributed by atoms with van der Waals surface area (Å²) in [5, 5.41) is 13.6. The second-order valence-corrected chi connectivity index (χ2v) is 5.50. The number of nitrogens with one attached hydrogen (secondary N) is 1. The van der Waals surface area contributed by atoms with Gasteiger partial charge in [-0.3, -0.25) is 10.1 Å². The van der Waals surface area contributed by atoms with Crippen LogP contribution in [0.2, 0.25) is 0 Å². The van der Waals surface area contributed by atoms with Crippen LogP contribution >= 0.6 is 11.3 Å². The van der Waals surface area contributed by atoms with Gasteiger partial charge in [0.15, 0.2) is 5.13 Å². The van der Waals surface area contributed by atoms with Crippen molar-refractivity contribution >= 4 is 22.4 Å². The van der Waals surface area contributed by atoms with Crippen LogP contribution in [0.25, 0.3) is 11.3 Å². The number of phenols is 1. The molecule has 0 aliphatic rings. The van der Waals surface area contributed by atoms with Crippen LogP contribution in [0.3, 0.4) is 0 Å². The van der Waals surface area contributed by atoms with Gasteiger partial charge in [0.2, 0.25) is 0 Å². The number of hydrogen-bond donors (Lipinski definition) is 2. The lowest BCUT2D eigenvalue weighted by atomic mass is 10.2. The molecule has 124 valence electrons. The second kappa shape index (κ2) is 6.97. The molecule has 0 aliphatic carbocycles. The molecule has 0 fully saturated rings. The predicted molar refractivity (Wildman–Crippen MR) is 79.3 cm³/mol. The minimum atomic E-state index is -4.48. The van der Waals surface area contributed by atoms with Gasteiger partial charge in [0.05, 0.1) is 5.69 Å². The first kappa shape index (κ1) is 17.2. The molecule has 0 saturated heterocycles. The Hall–Kier alpha value is -2.13. The van der Waals surface area contributed by atoms with Crippen molar-refractivity contribution in [1.29, 1.82) is 0 Å². The van der Waals surface area contributed by atoms with E-state index in [0.717, 1.165) is 16.9 Å². The third-order valence-corrected chi connectivity index (χ3v) is 3.52. The molecule has 5 nitrogen and oxygen atoms in total. The van der Waals surface area contributed by atoms with Crippen LogP contribution in [-0.2, 0) is 9.53 Å². The van der Waals surface area contributed by atoms with E-state index in [1.54, 1.807) is 17.5 Å². The molecule has 0 bridgehead atoms. The summed E-state index contributed by atoms with van der Waals surface area (Å²) in [6.45, 7) is -0.256. The van der Waals surface area contributed by atoms with E-state index >= 15 is 0 Å². The number of halogens is 3. The summed E-state index contributed by atoms with van der Waals surface area (Å²) < 4.78 is 40.6. The summed E-state index contributed by atoms with van der Waals surface area (Å²) >= 11 is 1.13. The Labute approximate surface area is 133 Å². The number of thiazole rings is 1. The number of amides is 1. The van der Waals surface area contributed by atoms with Crippen LogP contribution in [-0.4, -0.2) is 34.9 Å². The van der Waals surface area contributed by atoms with Crippen molar-refractivity contribution in [2.24, 2.45) is 0 Å². The number of aromatic hydroxyl groups is 1. The maximum absolute atomic E-state index is 12.0. The van der Waals surface area contributed by atoms with Gasteiger partial charge in [-0.25, -0.2) is 4.98 Å². The van der Waals surface area contributed by atoms with Crippen molar-refractivity contribution < 1.29 is 27.8 Å². The Bertz CT molecular complexity index is 671. The van der Waals surface area contributed by atoms with E-state index in [9.17, 15) is 23.1 Å². The van der Waals surface area contributed by atoms with Gasteiger partial charge in [-0.05, 0) is 31.2 Å². The number of carbonyl (C=O) groups is 1. The van der Waals surface area contributed by atoms with Crippen LogP contribution in [0.5, 0.6) is 5.75 Å². The van der Waals surface area contributed by atoms with Gasteiger partial charge in [0, 0.05) is 10.9 Å². The number of alkyl halides is 3. The normalized spacial score (nSPS) is 12.9. The average molecular weight is 346 g/mol. The van der Waals surface area contributed by atoms with Gasteiger partial charge in [0.1, 0.15) is 18.5 Å². The molecule has 2 N–H and O–H groups in total. The fourth-order valence-corrected chi connectivity index (χ4v) is 2.32. The first-order valence-corrected chi connectivity index (χ1v) is 7.37. The van der Waals surface area contributed by atoms with Crippen molar-refractivity contribution in [3.63, 3.8) is 0 Å². The molecule has 2 aromatic rings. The Morgan fingerprint density at radius 2 is 2.04 bits per heavy atom. The highest BCUT2D eigenvalue weighted by Gasteiger charge is 2.30. The highest BCUT2D eigenvalue weighted by Crippen LogP contribution is 2.26. The molecule has 1 heterocycles. The third kappa shape index (κ3) is 5.22. The minimum absolute atomic E-state index is 0.119. The highest BCUT2D eigenvalue weighted by molar-refractivity contribution is 7.14.